The summed E-state index contributed by atoms with van der Waals surface area (Å²) in [6, 6.07) is 2.20. The topological polar surface area (TPSA) is 64.4 Å². The van der Waals surface area contributed by atoms with Gasteiger partial charge in [0.1, 0.15) is 11.1 Å². The van der Waals surface area contributed by atoms with Crippen molar-refractivity contribution in [2.45, 2.75) is 32.7 Å². The molecule has 1 saturated heterocycles. The van der Waals surface area contributed by atoms with Gasteiger partial charge in [-0.25, -0.2) is 4.90 Å². The van der Waals surface area contributed by atoms with E-state index in [1.807, 2.05) is 0 Å². The fourth-order valence-electron chi connectivity index (χ4n) is 2.79. The molecule has 0 atom stereocenters. The average Bonchev–Trinajstić information content (AvgIpc) is 2.97. The zero-order valence-corrected chi connectivity index (χ0v) is 12.1. The maximum atomic E-state index is 11.9. The summed E-state index contributed by atoms with van der Waals surface area (Å²) in [4.78, 5) is 28.4. The van der Waals surface area contributed by atoms with Gasteiger partial charge in [-0.05, 0) is 18.5 Å². The van der Waals surface area contributed by atoms with Crippen molar-refractivity contribution in [2.24, 2.45) is 0 Å². The number of amides is 2. The maximum absolute atomic E-state index is 11.9. The minimum Gasteiger partial charge on any atom is -0.298 e. The SMILES string of the molecule is CCN1CCc2c(sc(N3C(=O)CCC3=O)c2C#N)C1. The van der Waals surface area contributed by atoms with Crippen LogP contribution in [-0.4, -0.2) is 29.8 Å². The van der Waals surface area contributed by atoms with Crippen LogP contribution in [0.15, 0.2) is 0 Å². The average molecular weight is 289 g/mol. The lowest BCUT2D eigenvalue weighted by Crippen LogP contribution is -2.29. The van der Waals surface area contributed by atoms with E-state index in [9.17, 15) is 14.9 Å². The first-order valence-electron chi connectivity index (χ1n) is 6.78. The number of nitriles is 1. The summed E-state index contributed by atoms with van der Waals surface area (Å²) in [5.74, 6) is -0.366. The van der Waals surface area contributed by atoms with Gasteiger partial charge in [-0.15, -0.1) is 11.3 Å². The largest absolute Gasteiger partial charge is 0.298 e. The van der Waals surface area contributed by atoms with Crippen LogP contribution in [0.25, 0.3) is 0 Å². The zero-order valence-electron chi connectivity index (χ0n) is 11.3. The van der Waals surface area contributed by atoms with Crippen LogP contribution in [0, 0.1) is 11.3 Å². The highest BCUT2D eigenvalue weighted by Crippen LogP contribution is 2.40. The van der Waals surface area contributed by atoms with E-state index in [4.69, 9.17) is 0 Å². The van der Waals surface area contributed by atoms with Crippen LogP contribution in [0.2, 0.25) is 0 Å². The van der Waals surface area contributed by atoms with Crippen molar-refractivity contribution in [3.63, 3.8) is 0 Å². The molecule has 104 valence electrons. The fourth-order valence-corrected chi connectivity index (χ4v) is 4.16. The molecule has 0 unspecified atom stereocenters. The summed E-state index contributed by atoms with van der Waals surface area (Å²) in [5, 5.41) is 9.96. The van der Waals surface area contributed by atoms with Crippen LogP contribution in [-0.2, 0) is 22.6 Å². The number of hydrogen-bond acceptors (Lipinski definition) is 5. The molecular formula is C14H15N3O2S. The van der Waals surface area contributed by atoms with Crippen molar-refractivity contribution in [1.29, 1.82) is 5.26 Å². The number of likely N-dealkylation sites (N-methyl/N-ethyl adjacent to an activating group) is 1. The Bertz CT molecular complexity index is 613. The molecule has 6 heteroatoms. The monoisotopic (exact) mass is 289 g/mol. The van der Waals surface area contributed by atoms with E-state index in [-0.39, 0.29) is 24.7 Å². The lowest BCUT2D eigenvalue weighted by atomic mass is 10.0. The van der Waals surface area contributed by atoms with Gasteiger partial charge >= 0.3 is 0 Å². The Morgan fingerprint density at radius 3 is 2.55 bits per heavy atom. The molecule has 2 aliphatic rings. The highest BCUT2D eigenvalue weighted by atomic mass is 32.1. The zero-order chi connectivity index (χ0) is 14.3. The van der Waals surface area contributed by atoms with Crippen LogP contribution in [0.3, 0.4) is 0 Å². The molecule has 1 aromatic rings. The molecule has 1 fully saturated rings. The summed E-state index contributed by atoms with van der Waals surface area (Å²) >= 11 is 1.43. The van der Waals surface area contributed by atoms with Gasteiger partial charge < -0.3 is 0 Å². The minimum atomic E-state index is -0.183. The number of anilines is 1. The third-order valence-electron chi connectivity index (χ3n) is 3.93. The molecule has 0 aromatic carbocycles. The van der Waals surface area contributed by atoms with E-state index in [2.05, 4.69) is 17.9 Å². The van der Waals surface area contributed by atoms with Crippen molar-refractivity contribution in [3.05, 3.63) is 16.0 Å². The smallest absolute Gasteiger partial charge is 0.234 e. The molecule has 0 radical (unpaired) electrons. The quantitative estimate of drug-likeness (QED) is 0.777. The Hall–Kier alpha value is -1.71. The molecule has 2 aliphatic heterocycles. The standard InChI is InChI=1S/C14H15N3O2S/c1-2-16-6-5-9-10(7-15)14(20-11(9)8-16)17-12(18)3-4-13(17)19/h2-6,8H2,1H3. The Labute approximate surface area is 121 Å². The van der Waals surface area contributed by atoms with Gasteiger partial charge in [0.2, 0.25) is 11.8 Å². The normalized spacial score (nSPS) is 19.3. The van der Waals surface area contributed by atoms with Gasteiger partial charge in [0, 0.05) is 30.8 Å². The number of rotatable bonds is 2. The summed E-state index contributed by atoms with van der Waals surface area (Å²) in [5.41, 5.74) is 1.56. The Morgan fingerprint density at radius 1 is 1.25 bits per heavy atom. The molecule has 3 rings (SSSR count). The van der Waals surface area contributed by atoms with Crippen LogP contribution in [0.5, 0.6) is 0 Å². The number of carbonyl (C=O) groups is 2. The summed E-state index contributed by atoms with van der Waals surface area (Å²) in [7, 11) is 0. The fraction of sp³-hybridized carbons (Fsp3) is 0.500. The van der Waals surface area contributed by atoms with Crippen molar-refractivity contribution < 1.29 is 9.59 Å². The van der Waals surface area contributed by atoms with E-state index >= 15 is 0 Å². The number of imide groups is 1. The lowest BCUT2D eigenvalue weighted by Gasteiger charge is -2.24. The molecule has 0 bridgehead atoms. The number of thiophene rings is 1. The molecule has 0 saturated carbocycles. The summed E-state index contributed by atoms with van der Waals surface area (Å²) < 4.78 is 0. The van der Waals surface area contributed by atoms with E-state index < -0.39 is 0 Å². The maximum Gasteiger partial charge on any atom is 0.234 e. The molecular weight excluding hydrogens is 274 g/mol. The van der Waals surface area contributed by atoms with Gasteiger partial charge in [0.25, 0.3) is 0 Å². The molecule has 20 heavy (non-hydrogen) atoms. The number of carbonyl (C=O) groups excluding carboxylic acids is 2. The second-order valence-corrected chi connectivity index (χ2v) is 6.12. The second-order valence-electron chi connectivity index (χ2n) is 5.04. The Kier molecular flexibility index (Phi) is 3.32. The highest BCUT2D eigenvalue weighted by Gasteiger charge is 2.35. The van der Waals surface area contributed by atoms with Crippen LogP contribution < -0.4 is 4.90 Å². The van der Waals surface area contributed by atoms with E-state index in [0.29, 0.717) is 10.6 Å². The minimum absolute atomic E-state index is 0.183. The van der Waals surface area contributed by atoms with Gasteiger partial charge in [-0.1, -0.05) is 6.92 Å². The van der Waals surface area contributed by atoms with Crippen LogP contribution in [0.4, 0.5) is 5.00 Å². The first kappa shape index (κ1) is 13.3. The number of hydrogen-bond donors (Lipinski definition) is 0. The van der Waals surface area contributed by atoms with Gasteiger partial charge in [-0.3, -0.25) is 14.5 Å². The molecule has 3 heterocycles. The molecule has 1 aromatic heterocycles. The third kappa shape index (κ3) is 1.94. The van der Waals surface area contributed by atoms with E-state index in [0.717, 1.165) is 36.5 Å². The van der Waals surface area contributed by atoms with Gasteiger partial charge in [0.15, 0.2) is 0 Å². The first-order valence-corrected chi connectivity index (χ1v) is 7.60. The van der Waals surface area contributed by atoms with Crippen molar-refractivity contribution >= 4 is 28.2 Å². The van der Waals surface area contributed by atoms with Crippen molar-refractivity contribution in [2.75, 3.05) is 18.0 Å². The number of fused-ring (bicyclic) bond motifs is 1. The molecule has 0 spiro atoms. The predicted octanol–water partition coefficient (Wildman–Crippen LogP) is 1.65. The van der Waals surface area contributed by atoms with E-state index in [1.165, 1.54) is 16.2 Å². The van der Waals surface area contributed by atoms with Crippen molar-refractivity contribution in [1.82, 2.24) is 4.90 Å². The molecule has 0 aliphatic carbocycles. The highest BCUT2D eigenvalue weighted by molar-refractivity contribution is 7.17. The lowest BCUT2D eigenvalue weighted by molar-refractivity contribution is -0.121. The van der Waals surface area contributed by atoms with Crippen LogP contribution >= 0.6 is 11.3 Å². The van der Waals surface area contributed by atoms with E-state index in [1.54, 1.807) is 0 Å². The molecule has 2 amide bonds. The van der Waals surface area contributed by atoms with Gasteiger partial charge in [-0.2, -0.15) is 5.26 Å². The summed E-state index contributed by atoms with van der Waals surface area (Å²) in [6.07, 6.45) is 1.33. The predicted molar refractivity (Wildman–Crippen MR) is 75.4 cm³/mol. The van der Waals surface area contributed by atoms with Crippen LogP contribution in [0.1, 0.15) is 35.8 Å². The number of nitrogens with zero attached hydrogens (tertiary/aromatic N) is 3. The second kappa shape index (κ2) is 5.00. The third-order valence-corrected chi connectivity index (χ3v) is 5.13. The summed E-state index contributed by atoms with van der Waals surface area (Å²) in [6.45, 7) is 4.81. The first-order chi connectivity index (χ1) is 9.65. The van der Waals surface area contributed by atoms with Gasteiger partial charge in [0.05, 0.1) is 5.56 Å². The molecule has 0 N–H and O–H groups in total. The molecule has 5 nitrogen and oxygen atoms in total. The Morgan fingerprint density at radius 2 is 1.95 bits per heavy atom. The Balaban J connectivity index is 2.05. The van der Waals surface area contributed by atoms with Crippen molar-refractivity contribution in [3.8, 4) is 6.07 Å².